The van der Waals surface area contributed by atoms with Gasteiger partial charge < -0.3 is 15.3 Å². The van der Waals surface area contributed by atoms with Gasteiger partial charge in [0.05, 0.1) is 10.6 Å². The van der Waals surface area contributed by atoms with E-state index in [0.717, 1.165) is 49.4 Å². The number of anilines is 2. The highest BCUT2D eigenvalue weighted by Gasteiger charge is 2.31. The van der Waals surface area contributed by atoms with E-state index in [0.29, 0.717) is 12.5 Å². The topological polar surface area (TPSA) is 48.4 Å². The summed E-state index contributed by atoms with van der Waals surface area (Å²) < 4.78 is 37.9. The van der Waals surface area contributed by atoms with Crippen LogP contribution in [-0.2, 0) is 12.7 Å². The first-order valence-electron chi connectivity index (χ1n) is 8.78. The Labute approximate surface area is 161 Å². The van der Waals surface area contributed by atoms with Gasteiger partial charge in [-0.2, -0.15) is 13.2 Å². The lowest BCUT2D eigenvalue weighted by Gasteiger charge is -2.33. The van der Waals surface area contributed by atoms with Crippen molar-refractivity contribution in [1.29, 1.82) is 0 Å². The molecule has 0 bridgehead atoms. The molecular formula is C19H21ClF3N3O. The molecule has 0 atom stereocenters. The third-order valence-corrected chi connectivity index (χ3v) is 5.09. The monoisotopic (exact) mass is 399 g/mol. The van der Waals surface area contributed by atoms with Crippen LogP contribution in [0.2, 0.25) is 5.02 Å². The number of hydrogen-bond acceptors (Lipinski definition) is 4. The summed E-state index contributed by atoms with van der Waals surface area (Å²) in [5, 5.41) is 12.1. The van der Waals surface area contributed by atoms with Crippen molar-refractivity contribution in [1.82, 2.24) is 4.98 Å². The molecule has 1 saturated heterocycles. The van der Waals surface area contributed by atoms with Crippen LogP contribution in [0.5, 0.6) is 0 Å². The van der Waals surface area contributed by atoms with Crippen LogP contribution in [0.1, 0.15) is 24.0 Å². The Kier molecular flexibility index (Phi) is 6.11. The lowest BCUT2D eigenvalue weighted by Crippen LogP contribution is -2.34. The molecule has 2 heterocycles. The van der Waals surface area contributed by atoms with Crippen molar-refractivity contribution in [3.8, 4) is 0 Å². The van der Waals surface area contributed by atoms with Crippen LogP contribution < -0.4 is 10.2 Å². The van der Waals surface area contributed by atoms with Crippen LogP contribution >= 0.6 is 11.6 Å². The van der Waals surface area contributed by atoms with Gasteiger partial charge in [0.15, 0.2) is 0 Å². The Morgan fingerprint density at radius 2 is 1.85 bits per heavy atom. The van der Waals surface area contributed by atoms with E-state index in [1.165, 1.54) is 0 Å². The maximum Gasteiger partial charge on any atom is 0.417 e. The highest BCUT2D eigenvalue weighted by molar-refractivity contribution is 6.32. The maximum atomic E-state index is 12.6. The third kappa shape index (κ3) is 5.05. The lowest BCUT2D eigenvalue weighted by atomic mass is 9.97. The molecular weight excluding hydrogens is 379 g/mol. The number of benzene rings is 1. The number of hydrogen-bond donors (Lipinski definition) is 2. The zero-order valence-corrected chi connectivity index (χ0v) is 15.4. The molecule has 27 heavy (non-hydrogen) atoms. The van der Waals surface area contributed by atoms with Crippen molar-refractivity contribution < 1.29 is 18.3 Å². The Balaban J connectivity index is 1.58. The second kappa shape index (κ2) is 8.35. The number of nitrogens with zero attached hydrogens (tertiary/aromatic N) is 2. The number of nitrogens with one attached hydrogen (secondary N) is 1. The van der Waals surface area contributed by atoms with Gasteiger partial charge in [0.25, 0.3) is 0 Å². The first-order chi connectivity index (χ1) is 12.9. The minimum Gasteiger partial charge on any atom is -0.396 e. The summed E-state index contributed by atoms with van der Waals surface area (Å²) in [4.78, 5) is 6.06. The van der Waals surface area contributed by atoms with E-state index in [9.17, 15) is 18.3 Å². The van der Waals surface area contributed by atoms with E-state index < -0.39 is 11.7 Å². The molecule has 0 saturated carbocycles. The van der Waals surface area contributed by atoms with Gasteiger partial charge in [-0.05, 0) is 42.5 Å². The normalized spacial score (nSPS) is 15.8. The predicted octanol–water partition coefficient (Wildman–Crippen LogP) is 4.57. The summed E-state index contributed by atoms with van der Waals surface area (Å²) >= 11 is 5.90. The summed E-state index contributed by atoms with van der Waals surface area (Å²) in [7, 11) is 0. The SMILES string of the molecule is OCC1CCN(c2ccc(CNc3ncc(C(F)(F)F)cc3Cl)cc2)CC1. The molecule has 1 aromatic carbocycles. The molecule has 0 aliphatic carbocycles. The molecule has 146 valence electrons. The number of alkyl halides is 3. The van der Waals surface area contributed by atoms with Gasteiger partial charge in [-0.1, -0.05) is 23.7 Å². The molecule has 3 rings (SSSR count). The zero-order valence-electron chi connectivity index (χ0n) is 14.6. The maximum absolute atomic E-state index is 12.6. The summed E-state index contributed by atoms with van der Waals surface area (Å²) in [5.74, 6) is 0.616. The minimum absolute atomic E-state index is 0.0619. The van der Waals surface area contributed by atoms with Gasteiger partial charge in [-0.3, -0.25) is 0 Å². The van der Waals surface area contributed by atoms with E-state index in [-0.39, 0.29) is 17.4 Å². The Morgan fingerprint density at radius 3 is 2.41 bits per heavy atom. The van der Waals surface area contributed by atoms with Crippen LogP contribution in [-0.4, -0.2) is 29.8 Å². The number of rotatable bonds is 5. The summed E-state index contributed by atoms with van der Waals surface area (Å²) in [6.07, 6.45) is -1.72. The van der Waals surface area contributed by atoms with E-state index >= 15 is 0 Å². The van der Waals surface area contributed by atoms with Crippen molar-refractivity contribution in [2.75, 3.05) is 29.9 Å². The van der Waals surface area contributed by atoms with Gasteiger partial charge in [-0.15, -0.1) is 0 Å². The molecule has 2 N–H and O–H groups in total. The Morgan fingerprint density at radius 1 is 1.19 bits per heavy atom. The first kappa shape index (κ1) is 19.8. The van der Waals surface area contributed by atoms with Crippen molar-refractivity contribution in [2.45, 2.75) is 25.6 Å². The fraction of sp³-hybridized carbons (Fsp3) is 0.421. The minimum atomic E-state index is -4.46. The van der Waals surface area contributed by atoms with Gasteiger partial charge in [0.2, 0.25) is 0 Å². The molecule has 0 amide bonds. The largest absolute Gasteiger partial charge is 0.417 e. The third-order valence-electron chi connectivity index (χ3n) is 4.80. The summed E-state index contributed by atoms with van der Waals surface area (Å²) in [6.45, 7) is 2.51. The number of aliphatic hydroxyl groups excluding tert-OH is 1. The molecule has 0 spiro atoms. The van der Waals surface area contributed by atoms with E-state index in [2.05, 4.69) is 15.2 Å². The average Bonchev–Trinajstić information content (AvgIpc) is 2.67. The van der Waals surface area contributed by atoms with Crippen molar-refractivity contribution >= 4 is 23.1 Å². The van der Waals surface area contributed by atoms with Crippen LogP contribution in [0.4, 0.5) is 24.7 Å². The molecule has 2 aromatic rings. The number of aliphatic hydroxyl groups is 1. The van der Waals surface area contributed by atoms with Crippen molar-refractivity contribution in [3.05, 3.63) is 52.7 Å². The first-order valence-corrected chi connectivity index (χ1v) is 9.16. The van der Waals surface area contributed by atoms with Gasteiger partial charge in [0, 0.05) is 38.1 Å². The van der Waals surface area contributed by atoms with E-state index in [1.807, 2.05) is 24.3 Å². The molecule has 1 aliphatic rings. The van der Waals surface area contributed by atoms with Gasteiger partial charge in [0.1, 0.15) is 5.82 Å². The van der Waals surface area contributed by atoms with Crippen LogP contribution in [0.15, 0.2) is 36.5 Å². The molecule has 1 aromatic heterocycles. The molecule has 4 nitrogen and oxygen atoms in total. The van der Waals surface area contributed by atoms with Gasteiger partial charge >= 0.3 is 6.18 Å². The summed E-state index contributed by atoms with van der Waals surface area (Å²) in [6, 6.07) is 8.86. The fourth-order valence-electron chi connectivity index (χ4n) is 3.11. The van der Waals surface area contributed by atoms with E-state index in [4.69, 9.17) is 11.6 Å². The molecule has 1 aliphatic heterocycles. The second-order valence-electron chi connectivity index (χ2n) is 6.69. The zero-order chi connectivity index (χ0) is 19.4. The Hall–Kier alpha value is -1.99. The predicted molar refractivity (Wildman–Crippen MR) is 100 cm³/mol. The molecule has 8 heteroatoms. The standard InChI is InChI=1S/C19H21ClF3N3O/c20-17-9-15(19(21,22)23)11-25-18(17)24-10-13-1-3-16(4-2-13)26-7-5-14(12-27)6-8-26/h1-4,9,11,14,27H,5-8,10,12H2,(H,24,25). The molecule has 1 fully saturated rings. The molecule has 0 radical (unpaired) electrons. The number of pyridine rings is 1. The quantitative estimate of drug-likeness (QED) is 0.773. The lowest BCUT2D eigenvalue weighted by molar-refractivity contribution is -0.137. The summed E-state index contributed by atoms with van der Waals surface area (Å²) in [5.41, 5.74) is 1.23. The van der Waals surface area contributed by atoms with Crippen LogP contribution in [0.3, 0.4) is 0 Å². The van der Waals surface area contributed by atoms with E-state index in [1.54, 1.807) is 0 Å². The number of aromatic nitrogens is 1. The van der Waals surface area contributed by atoms with Gasteiger partial charge in [-0.25, -0.2) is 4.98 Å². The van der Waals surface area contributed by atoms with Crippen molar-refractivity contribution in [2.24, 2.45) is 5.92 Å². The number of halogens is 4. The Bertz CT molecular complexity index is 760. The van der Waals surface area contributed by atoms with Crippen molar-refractivity contribution in [3.63, 3.8) is 0 Å². The van der Waals surface area contributed by atoms with Crippen LogP contribution in [0.25, 0.3) is 0 Å². The highest BCUT2D eigenvalue weighted by Crippen LogP contribution is 2.32. The highest BCUT2D eigenvalue weighted by atomic mass is 35.5. The van der Waals surface area contributed by atoms with Crippen LogP contribution in [0, 0.1) is 5.92 Å². The molecule has 0 unspecified atom stereocenters. The smallest absolute Gasteiger partial charge is 0.396 e. The second-order valence-corrected chi connectivity index (χ2v) is 7.09. The number of piperidine rings is 1. The average molecular weight is 400 g/mol. The fourth-order valence-corrected chi connectivity index (χ4v) is 3.34.